The first-order valence-corrected chi connectivity index (χ1v) is 6.36. The van der Waals surface area contributed by atoms with Gasteiger partial charge >= 0.3 is 0 Å². The van der Waals surface area contributed by atoms with Crippen LogP contribution in [0.4, 0.5) is 0 Å². The van der Waals surface area contributed by atoms with E-state index in [9.17, 15) is 14.4 Å². The van der Waals surface area contributed by atoms with Crippen molar-refractivity contribution in [3.8, 4) is 5.75 Å². The zero-order chi connectivity index (χ0) is 17.1. The number of amides is 2. The number of hydrogen-bond acceptors (Lipinski definition) is 6. The van der Waals surface area contributed by atoms with Gasteiger partial charge in [-0.05, 0) is 31.2 Å². The van der Waals surface area contributed by atoms with Gasteiger partial charge in [0.1, 0.15) is 17.6 Å². The maximum atomic E-state index is 11.8. The summed E-state index contributed by atoms with van der Waals surface area (Å²) >= 11 is 0. The molecule has 1 atom stereocenters. The first kappa shape index (κ1) is 19.6. The molecule has 0 saturated heterocycles. The molecule has 0 bridgehead atoms. The summed E-state index contributed by atoms with van der Waals surface area (Å²) in [5.74, 6) is -1.43. The summed E-state index contributed by atoms with van der Waals surface area (Å²) in [6, 6.07) is 4.28. The van der Waals surface area contributed by atoms with E-state index in [2.05, 4.69) is 10.6 Å². The first-order valence-electron chi connectivity index (χ1n) is 6.36. The Bertz CT molecular complexity index is 501. The minimum absolute atomic E-state index is 0.0134. The average Bonchev–Trinajstić information content (AvgIpc) is 2.52. The molecule has 1 unspecified atom stereocenters. The Kier molecular flexibility index (Phi) is 9.15. The number of aliphatic hydroxyl groups excluding tert-OH is 2. The normalized spacial score (nSPS) is 10.7. The van der Waals surface area contributed by atoms with E-state index in [4.69, 9.17) is 15.3 Å². The quantitative estimate of drug-likeness (QED) is 0.447. The molecule has 0 fully saturated rings. The molecule has 0 radical (unpaired) electrons. The molecule has 0 aliphatic heterocycles. The Balaban J connectivity index is 0.00000211. The lowest BCUT2D eigenvalue weighted by atomic mass is 10.2. The number of ketones is 1. The molecule has 8 heteroatoms. The molecule has 0 aliphatic carbocycles. The molecule has 1 aromatic carbocycles. The molecule has 8 nitrogen and oxygen atoms in total. The van der Waals surface area contributed by atoms with Crippen LogP contribution in [0.5, 0.6) is 5.75 Å². The molecular weight excluding hydrogens is 292 g/mol. The number of benzene rings is 1. The van der Waals surface area contributed by atoms with Crippen molar-refractivity contribution in [2.75, 3.05) is 20.3 Å². The fourth-order valence-electron chi connectivity index (χ4n) is 1.38. The third-order valence-corrected chi connectivity index (χ3v) is 2.45. The predicted molar refractivity (Wildman–Crippen MR) is 78.3 cm³/mol. The molecular formula is C14H20N2O6. The largest absolute Gasteiger partial charge is 0.508 e. The van der Waals surface area contributed by atoms with Crippen LogP contribution in [0.2, 0.25) is 0 Å². The summed E-state index contributed by atoms with van der Waals surface area (Å²) in [7, 11) is 1.00. The van der Waals surface area contributed by atoms with Crippen molar-refractivity contribution in [2.45, 2.75) is 13.0 Å². The lowest BCUT2D eigenvalue weighted by Crippen LogP contribution is -2.49. The van der Waals surface area contributed by atoms with Crippen molar-refractivity contribution >= 4 is 17.6 Å². The van der Waals surface area contributed by atoms with Gasteiger partial charge in [-0.15, -0.1) is 0 Å². The number of Topliss-reactive ketones (excluding diaryl/α,β-unsaturated/α-hetero) is 1. The van der Waals surface area contributed by atoms with E-state index < -0.39 is 24.5 Å². The Morgan fingerprint density at radius 1 is 1.14 bits per heavy atom. The smallest absolute Gasteiger partial charge is 0.252 e. The summed E-state index contributed by atoms with van der Waals surface area (Å²) in [5, 5.41) is 29.8. The number of carbonyl (C=O) groups excluding carboxylic acids is 3. The highest BCUT2D eigenvalue weighted by molar-refractivity contribution is 5.98. The van der Waals surface area contributed by atoms with Gasteiger partial charge in [0.2, 0.25) is 5.91 Å². The van der Waals surface area contributed by atoms with Crippen LogP contribution in [0.3, 0.4) is 0 Å². The Morgan fingerprint density at radius 3 is 2.14 bits per heavy atom. The van der Waals surface area contributed by atoms with Gasteiger partial charge in [0.15, 0.2) is 0 Å². The third kappa shape index (κ3) is 6.82. The van der Waals surface area contributed by atoms with E-state index >= 15 is 0 Å². The first-order chi connectivity index (χ1) is 10.4. The lowest BCUT2D eigenvalue weighted by Gasteiger charge is -2.15. The van der Waals surface area contributed by atoms with E-state index in [1.54, 1.807) is 0 Å². The highest BCUT2D eigenvalue weighted by atomic mass is 16.3. The molecule has 1 rings (SSSR count). The van der Waals surface area contributed by atoms with Crippen LogP contribution in [-0.4, -0.2) is 59.2 Å². The average molecular weight is 312 g/mol. The summed E-state index contributed by atoms with van der Waals surface area (Å²) in [6.07, 6.45) is 0. The van der Waals surface area contributed by atoms with E-state index in [1.807, 2.05) is 0 Å². The maximum Gasteiger partial charge on any atom is 0.252 e. The standard InChI is InChI=1S/C13H16N2O5.CH4O/c1-8(17)6-14-13(20)11(7-16)15-12(19)9-2-4-10(18)5-3-9;1-2/h2-5,11,16,18H,6-7H2,1H3,(H,14,20)(H,15,19);2H,1H3. The number of phenols is 1. The highest BCUT2D eigenvalue weighted by Crippen LogP contribution is 2.09. The number of rotatable bonds is 6. The second-order valence-corrected chi connectivity index (χ2v) is 4.18. The van der Waals surface area contributed by atoms with Crippen molar-refractivity contribution in [2.24, 2.45) is 0 Å². The van der Waals surface area contributed by atoms with Crippen LogP contribution < -0.4 is 10.6 Å². The van der Waals surface area contributed by atoms with Crippen molar-refractivity contribution in [1.29, 1.82) is 0 Å². The summed E-state index contributed by atoms with van der Waals surface area (Å²) in [6.45, 7) is 0.557. The van der Waals surface area contributed by atoms with Gasteiger partial charge < -0.3 is 26.0 Å². The predicted octanol–water partition coefficient (Wildman–Crippen LogP) is -1.20. The minimum Gasteiger partial charge on any atom is -0.508 e. The SMILES string of the molecule is CC(=O)CNC(=O)C(CO)NC(=O)c1ccc(O)cc1.CO. The molecule has 0 spiro atoms. The van der Waals surface area contributed by atoms with Crippen LogP contribution in [-0.2, 0) is 9.59 Å². The number of nitrogens with one attached hydrogen (secondary N) is 2. The maximum absolute atomic E-state index is 11.8. The molecule has 0 heterocycles. The van der Waals surface area contributed by atoms with E-state index in [1.165, 1.54) is 31.2 Å². The molecule has 0 aromatic heterocycles. The fraction of sp³-hybridized carbons (Fsp3) is 0.357. The van der Waals surface area contributed by atoms with Gasteiger partial charge in [-0.1, -0.05) is 0 Å². The van der Waals surface area contributed by atoms with E-state index in [0.29, 0.717) is 0 Å². The van der Waals surface area contributed by atoms with Crippen molar-refractivity contribution in [1.82, 2.24) is 10.6 Å². The number of carbonyl (C=O) groups is 3. The van der Waals surface area contributed by atoms with Crippen molar-refractivity contribution in [3.05, 3.63) is 29.8 Å². The Hall–Kier alpha value is -2.45. The van der Waals surface area contributed by atoms with Crippen LogP contribution in [0, 0.1) is 0 Å². The van der Waals surface area contributed by atoms with Crippen LogP contribution >= 0.6 is 0 Å². The van der Waals surface area contributed by atoms with Crippen molar-refractivity contribution in [3.63, 3.8) is 0 Å². The number of aliphatic hydroxyl groups is 2. The molecule has 1 aromatic rings. The van der Waals surface area contributed by atoms with Gasteiger partial charge in [-0.2, -0.15) is 0 Å². The minimum atomic E-state index is -1.14. The molecule has 0 aliphatic rings. The highest BCUT2D eigenvalue weighted by Gasteiger charge is 2.20. The second-order valence-electron chi connectivity index (χ2n) is 4.18. The van der Waals surface area contributed by atoms with Crippen LogP contribution in [0.1, 0.15) is 17.3 Å². The van der Waals surface area contributed by atoms with Gasteiger partial charge in [0.25, 0.3) is 5.91 Å². The van der Waals surface area contributed by atoms with E-state index in [-0.39, 0.29) is 23.6 Å². The lowest BCUT2D eigenvalue weighted by molar-refractivity contribution is -0.126. The van der Waals surface area contributed by atoms with Crippen molar-refractivity contribution < 1.29 is 29.7 Å². The molecule has 122 valence electrons. The number of phenolic OH excluding ortho intramolecular Hbond substituents is 1. The second kappa shape index (κ2) is 10.3. The van der Waals surface area contributed by atoms with Gasteiger partial charge in [0.05, 0.1) is 13.2 Å². The number of hydrogen-bond donors (Lipinski definition) is 5. The van der Waals surface area contributed by atoms with Gasteiger partial charge in [0, 0.05) is 12.7 Å². The Morgan fingerprint density at radius 2 is 1.68 bits per heavy atom. The summed E-state index contributed by atoms with van der Waals surface area (Å²) < 4.78 is 0. The molecule has 0 saturated carbocycles. The Labute approximate surface area is 127 Å². The summed E-state index contributed by atoms with van der Waals surface area (Å²) in [5.41, 5.74) is 0.237. The molecule has 22 heavy (non-hydrogen) atoms. The molecule has 2 amide bonds. The van der Waals surface area contributed by atoms with Crippen LogP contribution in [0.15, 0.2) is 24.3 Å². The fourth-order valence-corrected chi connectivity index (χ4v) is 1.38. The topological polar surface area (TPSA) is 136 Å². The van der Waals surface area contributed by atoms with Gasteiger partial charge in [-0.3, -0.25) is 14.4 Å². The van der Waals surface area contributed by atoms with Crippen LogP contribution in [0.25, 0.3) is 0 Å². The zero-order valence-electron chi connectivity index (χ0n) is 12.4. The zero-order valence-corrected chi connectivity index (χ0v) is 12.4. The number of aromatic hydroxyl groups is 1. The molecule has 5 N–H and O–H groups in total. The summed E-state index contributed by atoms with van der Waals surface area (Å²) in [4.78, 5) is 34.2. The monoisotopic (exact) mass is 312 g/mol. The van der Waals surface area contributed by atoms with E-state index in [0.717, 1.165) is 7.11 Å². The van der Waals surface area contributed by atoms with Gasteiger partial charge in [-0.25, -0.2) is 0 Å². The third-order valence-electron chi connectivity index (χ3n) is 2.45.